The fourth-order valence-corrected chi connectivity index (χ4v) is 1.60. The standard InChI is InChI=1S/C8H9BrN4/c1-5(9)7-3-4-10-13-6(2)11-12-8(7)13/h3-5H,1-2H3. The van der Waals surface area contributed by atoms with Crippen LogP contribution in [0.4, 0.5) is 0 Å². The fourth-order valence-electron chi connectivity index (χ4n) is 1.24. The zero-order valence-corrected chi connectivity index (χ0v) is 8.98. The van der Waals surface area contributed by atoms with Crippen LogP contribution in [0.3, 0.4) is 0 Å². The zero-order valence-electron chi connectivity index (χ0n) is 7.40. The Kier molecular flexibility index (Phi) is 2.03. The third-order valence-electron chi connectivity index (χ3n) is 1.92. The molecule has 0 saturated carbocycles. The highest BCUT2D eigenvalue weighted by Crippen LogP contribution is 2.23. The van der Waals surface area contributed by atoms with Crippen LogP contribution < -0.4 is 0 Å². The van der Waals surface area contributed by atoms with Gasteiger partial charge in [-0.15, -0.1) is 10.2 Å². The second kappa shape index (κ2) is 3.06. The van der Waals surface area contributed by atoms with Gasteiger partial charge < -0.3 is 0 Å². The molecule has 13 heavy (non-hydrogen) atoms. The van der Waals surface area contributed by atoms with Gasteiger partial charge >= 0.3 is 0 Å². The molecule has 0 fully saturated rings. The minimum absolute atomic E-state index is 0.265. The molecule has 0 saturated heterocycles. The molecule has 0 aliphatic rings. The van der Waals surface area contributed by atoms with E-state index in [1.165, 1.54) is 0 Å². The molecule has 5 heteroatoms. The molecule has 4 nitrogen and oxygen atoms in total. The maximum Gasteiger partial charge on any atom is 0.182 e. The first-order valence-corrected chi connectivity index (χ1v) is 4.92. The predicted octanol–water partition coefficient (Wildman–Crippen LogP) is 1.89. The highest BCUT2D eigenvalue weighted by Gasteiger charge is 2.10. The van der Waals surface area contributed by atoms with Crippen molar-refractivity contribution in [1.82, 2.24) is 19.8 Å². The normalized spacial score (nSPS) is 13.5. The fraction of sp³-hybridized carbons (Fsp3) is 0.375. The maximum absolute atomic E-state index is 4.15. The van der Waals surface area contributed by atoms with E-state index in [-0.39, 0.29) is 4.83 Å². The number of rotatable bonds is 1. The van der Waals surface area contributed by atoms with Gasteiger partial charge in [0.15, 0.2) is 11.5 Å². The number of hydrogen-bond acceptors (Lipinski definition) is 3. The van der Waals surface area contributed by atoms with Crippen molar-refractivity contribution in [3.05, 3.63) is 23.7 Å². The summed E-state index contributed by atoms with van der Waals surface area (Å²) in [5, 5.41) is 12.2. The monoisotopic (exact) mass is 240 g/mol. The minimum Gasteiger partial charge on any atom is -0.197 e. The number of halogens is 1. The SMILES string of the molecule is Cc1nnc2c(C(C)Br)ccnn12. The summed E-state index contributed by atoms with van der Waals surface area (Å²) in [6, 6.07) is 1.95. The summed E-state index contributed by atoms with van der Waals surface area (Å²) >= 11 is 3.50. The van der Waals surface area contributed by atoms with Gasteiger partial charge in [0, 0.05) is 16.6 Å². The molecule has 2 heterocycles. The van der Waals surface area contributed by atoms with Crippen LogP contribution in [0.5, 0.6) is 0 Å². The van der Waals surface area contributed by atoms with E-state index in [1.54, 1.807) is 10.7 Å². The third-order valence-corrected chi connectivity index (χ3v) is 2.41. The number of aryl methyl sites for hydroxylation is 1. The average molecular weight is 241 g/mol. The predicted molar refractivity (Wildman–Crippen MR) is 52.9 cm³/mol. The molecule has 2 aromatic heterocycles. The summed E-state index contributed by atoms with van der Waals surface area (Å²) < 4.78 is 1.74. The van der Waals surface area contributed by atoms with E-state index in [4.69, 9.17) is 0 Å². The van der Waals surface area contributed by atoms with Crippen LogP contribution in [0.1, 0.15) is 23.1 Å². The van der Waals surface area contributed by atoms with Crippen LogP contribution in [0.15, 0.2) is 12.3 Å². The Labute approximate surface area is 84.1 Å². The van der Waals surface area contributed by atoms with Crippen LogP contribution in [0.25, 0.3) is 5.65 Å². The number of nitrogens with zero attached hydrogens (tertiary/aromatic N) is 4. The van der Waals surface area contributed by atoms with Crippen molar-refractivity contribution in [2.45, 2.75) is 18.7 Å². The molecule has 1 atom stereocenters. The molecular weight excluding hydrogens is 232 g/mol. The topological polar surface area (TPSA) is 43.1 Å². The Balaban J connectivity index is 2.77. The lowest BCUT2D eigenvalue weighted by molar-refractivity contribution is 0.865. The van der Waals surface area contributed by atoms with E-state index < -0.39 is 0 Å². The molecule has 0 aromatic carbocycles. The van der Waals surface area contributed by atoms with Gasteiger partial charge in [-0.3, -0.25) is 0 Å². The van der Waals surface area contributed by atoms with Crippen molar-refractivity contribution < 1.29 is 0 Å². The Hall–Kier alpha value is -0.970. The molecule has 2 aromatic rings. The van der Waals surface area contributed by atoms with Crippen molar-refractivity contribution in [3.8, 4) is 0 Å². The van der Waals surface area contributed by atoms with E-state index in [0.29, 0.717) is 0 Å². The molecule has 0 bridgehead atoms. The molecule has 0 aliphatic heterocycles. The van der Waals surface area contributed by atoms with Gasteiger partial charge in [0.1, 0.15) is 0 Å². The summed E-state index contributed by atoms with van der Waals surface area (Å²) in [4.78, 5) is 0.265. The molecule has 0 N–H and O–H groups in total. The number of hydrogen-bond donors (Lipinski definition) is 0. The lowest BCUT2D eigenvalue weighted by Crippen LogP contribution is -1.97. The highest BCUT2D eigenvalue weighted by molar-refractivity contribution is 9.09. The van der Waals surface area contributed by atoms with Crippen LogP contribution >= 0.6 is 15.9 Å². The Morgan fingerprint density at radius 1 is 1.46 bits per heavy atom. The van der Waals surface area contributed by atoms with Gasteiger partial charge in [-0.05, 0) is 19.9 Å². The smallest absolute Gasteiger partial charge is 0.182 e. The van der Waals surface area contributed by atoms with E-state index in [9.17, 15) is 0 Å². The summed E-state index contributed by atoms with van der Waals surface area (Å²) in [7, 11) is 0. The highest BCUT2D eigenvalue weighted by atomic mass is 79.9. The second-order valence-corrected chi connectivity index (χ2v) is 4.26. The minimum atomic E-state index is 0.265. The molecule has 1 unspecified atom stereocenters. The number of alkyl halides is 1. The number of aromatic nitrogens is 4. The molecule has 2 rings (SSSR count). The molecule has 0 spiro atoms. The van der Waals surface area contributed by atoms with E-state index in [0.717, 1.165) is 17.0 Å². The molecular formula is C8H9BrN4. The Morgan fingerprint density at radius 3 is 2.92 bits per heavy atom. The zero-order chi connectivity index (χ0) is 9.42. The van der Waals surface area contributed by atoms with Crippen molar-refractivity contribution in [1.29, 1.82) is 0 Å². The van der Waals surface area contributed by atoms with Gasteiger partial charge in [-0.25, -0.2) is 0 Å². The van der Waals surface area contributed by atoms with Crippen molar-refractivity contribution >= 4 is 21.6 Å². The Bertz CT molecular complexity index is 435. The molecule has 68 valence electrons. The largest absolute Gasteiger partial charge is 0.197 e. The van der Waals surface area contributed by atoms with E-state index in [2.05, 4.69) is 38.1 Å². The Morgan fingerprint density at radius 2 is 2.23 bits per heavy atom. The quantitative estimate of drug-likeness (QED) is 0.716. The summed E-state index contributed by atoms with van der Waals surface area (Å²) in [6.45, 7) is 3.94. The van der Waals surface area contributed by atoms with Crippen LogP contribution in [-0.4, -0.2) is 19.8 Å². The van der Waals surface area contributed by atoms with Gasteiger partial charge in [0.2, 0.25) is 0 Å². The molecule has 0 radical (unpaired) electrons. The number of fused-ring (bicyclic) bond motifs is 1. The summed E-state index contributed by atoms with van der Waals surface area (Å²) in [6.07, 6.45) is 1.76. The van der Waals surface area contributed by atoms with Gasteiger partial charge in [-0.1, -0.05) is 15.9 Å². The summed E-state index contributed by atoms with van der Waals surface area (Å²) in [5.41, 5.74) is 1.93. The lowest BCUT2D eigenvalue weighted by Gasteiger charge is -2.03. The first kappa shape index (κ1) is 8.62. The van der Waals surface area contributed by atoms with E-state index in [1.807, 2.05) is 13.0 Å². The first-order valence-electron chi connectivity index (χ1n) is 4.01. The lowest BCUT2D eigenvalue weighted by atomic mass is 10.2. The average Bonchev–Trinajstić information content (AvgIpc) is 2.48. The first-order chi connectivity index (χ1) is 6.20. The van der Waals surface area contributed by atoms with Gasteiger partial charge in [0.25, 0.3) is 0 Å². The maximum atomic E-state index is 4.15. The van der Waals surface area contributed by atoms with Crippen molar-refractivity contribution in [3.63, 3.8) is 0 Å². The van der Waals surface area contributed by atoms with Crippen LogP contribution in [0, 0.1) is 6.92 Å². The van der Waals surface area contributed by atoms with Crippen molar-refractivity contribution in [2.75, 3.05) is 0 Å². The van der Waals surface area contributed by atoms with Gasteiger partial charge in [-0.2, -0.15) is 9.61 Å². The van der Waals surface area contributed by atoms with Crippen LogP contribution in [0.2, 0.25) is 0 Å². The van der Waals surface area contributed by atoms with Crippen LogP contribution in [-0.2, 0) is 0 Å². The van der Waals surface area contributed by atoms with Crippen molar-refractivity contribution in [2.24, 2.45) is 0 Å². The van der Waals surface area contributed by atoms with Gasteiger partial charge in [0.05, 0.1) is 0 Å². The third kappa shape index (κ3) is 1.33. The summed E-state index contributed by atoms with van der Waals surface area (Å²) in [5.74, 6) is 0.810. The second-order valence-electron chi connectivity index (χ2n) is 2.89. The molecule has 0 aliphatic carbocycles. The molecule has 0 amide bonds. The van der Waals surface area contributed by atoms with E-state index >= 15 is 0 Å².